The van der Waals surface area contributed by atoms with Crippen molar-refractivity contribution in [2.24, 2.45) is 0 Å². The zero-order valence-corrected chi connectivity index (χ0v) is 9.17. The molecule has 1 rings (SSSR count). The molecule has 0 heterocycles. The van der Waals surface area contributed by atoms with Crippen LogP contribution in [0, 0.1) is 0 Å². The monoisotopic (exact) mass is 217 g/mol. The van der Waals surface area contributed by atoms with E-state index in [0.29, 0.717) is 0 Å². The predicted octanol–water partition coefficient (Wildman–Crippen LogP) is 1.37. The first-order chi connectivity index (χ1) is 6.33. The topological polar surface area (TPSA) is 41.5 Å². The zero-order valence-electron chi connectivity index (χ0n) is 8.36. The van der Waals surface area contributed by atoms with Gasteiger partial charge in [-0.1, -0.05) is 18.2 Å². The van der Waals surface area contributed by atoms with Crippen LogP contribution in [0.15, 0.2) is 24.3 Å². The summed E-state index contributed by atoms with van der Waals surface area (Å²) in [5, 5.41) is 12.1. The SMILES string of the molecule is CNC(CO)c1ccccc1OC.Cl. The van der Waals surface area contributed by atoms with Crippen molar-refractivity contribution < 1.29 is 9.84 Å². The van der Waals surface area contributed by atoms with E-state index in [0.717, 1.165) is 11.3 Å². The summed E-state index contributed by atoms with van der Waals surface area (Å²) in [5.41, 5.74) is 0.981. The predicted molar refractivity (Wildman–Crippen MR) is 59.1 cm³/mol. The zero-order chi connectivity index (χ0) is 9.68. The maximum Gasteiger partial charge on any atom is 0.123 e. The Kier molecular flexibility index (Phi) is 6.28. The number of likely N-dealkylation sites (N-methyl/N-ethyl adjacent to an activating group) is 1. The Morgan fingerprint density at radius 1 is 1.43 bits per heavy atom. The molecule has 0 amide bonds. The summed E-state index contributed by atoms with van der Waals surface area (Å²) in [6.07, 6.45) is 0. The maximum absolute atomic E-state index is 9.08. The molecular formula is C10H16ClNO2. The third kappa shape index (κ3) is 2.87. The molecule has 0 radical (unpaired) electrons. The number of hydrogen-bond acceptors (Lipinski definition) is 3. The van der Waals surface area contributed by atoms with E-state index in [4.69, 9.17) is 9.84 Å². The number of halogens is 1. The molecule has 0 bridgehead atoms. The van der Waals surface area contributed by atoms with Gasteiger partial charge in [-0.15, -0.1) is 12.4 Å². The third-order valence-corrected chi connectivity index (χ3v) is 2.05. The van der Waals surface area contributed by atoms with Crippen molar-refractivity contribution >= 4 is 12.4 Å². The van der Waals surface area contributed by atoms with Gasteiger partial charge in [-0.3, -0.25) is 0 Å². The first-order valence-corrected chi connectivity index (χ1v) is 4.24. The molecule has 0 aromatic heterocycles. The van der Waals surface area contributed by atoms with Crippen molar-refractivity contribution in [2.45, 2.75) is 6.04 Å². The highest BCUT2D eigenvalue weighted by molar-refractivity contribution is 5.85. The summed E-state index contributed by atoms with van der Waals surface area (Å²) in [4.78, 5) is 0. The minimum Gasteiger partial charge on any atom is -0.496 e. The van der Waals surface area contributed by atoms with Gasteiger partial charge in [0.2, 0.25) is 0 Å². The van der Waals surface area contributed by atoms with Gasteiger partial charge in [0.25, 0.3) is 0 Å². The second kappa shape index (κ2) is 6.65. The van der Waals surface area contributed by atoms with Crippen LogP contribution in [-0.4, -0.2) is 25.9 Å². The number of nitrogens with one attached hydrogen (secondary N) is 1. The molecule has 3 nitrogen and oxygen atoms in total. The number of methoxy groups -OCH3 is 1. The number of aliphatic hydroxyl groups excluding tert-OH is 1. The molecule has 0 aliphatic heterocycles. The van der Waals surface area contributed by atoms with Crippen molar-refractivity contribution in [1.82, 2.24) is 5.32 Å². The molecule has 0 fully saturated rings. The lowest BCUT2D eigenvalue weighted by Crippen LogP contribution is -2.20. The number of hydrogen-bond donors (Lipinski definition) is 2. The minimum atomic E-state index is -0.0591. The highest BCUT2D eigenvalue weighted by atomic mass is 35.5. The van der Waals surface area contributed by atoms with Gasteiger partial charge in [0.15, 0.2) is 0 Å². The Morgan fingerprint density at radius 3 is 2.57 bits per heavy atom. The quantitative estimate of drug-likeness (QED) is 0.801. The van der Waals surface area contributed by atoms with Gasteiger partial charge >= 0.3 is 0 Å². The van der Waals surface area contributed by atoms with Crippen molar-refractivity contribution in [3.05, 3.63) is 29.8 Å². The summed E-state index contributed by atoms with van der Waals surface area (Å²) in [5.74, 6) is 0.802. The van der Waals surface area contributed by atoms with Crippen LogP contribution in [0.1, 0.15) is 11.6 Å². The van der Waals surface area contributed by atoms with E-state index in [2.05, 4.69) is 5.32 Å². The Bertz CT molecular complexity index is 264. The van der Waals surface area contributed by atoms with Crippen LogP contribution >= 0.6 is 12.4 Å². The number of ether oxygens (including phenoxy) is 1. The Balaban J connectivity index is 0.00000169. The molecule has 2 N–H and O–H groups in total. The Morgan fingerprint density at radius 2 is 2.07 bits per heavy atom. The molecule has 0 aliphatic rings. The largest absolute Gasteiger partial charge is 0.496 e. The van der Waals surface area contributed by atoms with E-state index < -0.39 is 0 Å². The standard InChI is InChI=1S/C10H15NO2.ClH/c1-11-9(7-12)8-5-3-4-6-10(8)13-2;/h3-6,9,11-12H,7H2,1-2H3;1H. The van der Waals surface area contributed by atoms with Crippen molar-refractivity contribution in [3.8, 4) is 5.75 Å². The van der Waals surface area contributed by atoms with Crippen molar-refractivity contribution in [1.29, 1.82) is 0 Å². The average Bonchev–Trinajstić information content (AvgIpc) is 2.20. The van der Waals surface area contributed by atoms with Gasteiger partial charge in [0.05, 0.1) is 19.8 Å². The van der Waals surface area contributed by atoms with Crippen LogP contribution in [0.25, 0.3) is 0 Å². The van der Waals surface area contributed by atoms with E-state index in [1.54, 1.807) is 7.11 Å². The van der Waals surface area contributed by atoms with Gasteiger partial charge in [-0.05, 0) is 13.1 Å². The molecule has 0 saturated heterocycles. The normalized spacial score (nSPS) is 11.6. The fourth-order valence-electron chi connectivity index (χ4n) is 1.30. The minimum absolute atomic E-state index is 0. The van der Waals surface area contributed by atoms with Gasteiger partial charge in [-0.25, -0.2) is 0 Å². The van der Waals surface area contributed by atoms with Gasteiger partial charge < -0.3 is 15.2 Å². The summed E-state index contributed by atoms with van der Waals surface area (Å²) in [6.45, 7) is 0.0663. The molecule has 4 heteroatoms. The van der Waals surface area contributed by atoms with Crippen LogP contribution in [0.2, 0.25) is 0 Å². The second-order valence-electron chi connectivity index (χ2n) is 2.77. The molecule has 0 saturated carbocycles. The molecule has 1 aromatic carbocycles. The van der Waals surface area contributed by atoms with Crippen LogP contribution in [0.3, 0.4) is 0 Å². The number of benzene rings is 1. The van der Waals surface area contributed by atoms with E-state index in [1.165, 1.54) is 0 Å². The highest BCUT2D eigenvalue weighted by Gasteiger charge is 2.11. The summed E-state index contributed by atoms with van der Waals surface area (Å²) in [6, 6.07) is 7.60. The second-order valence-corrected chi connectivity index (χ2v) is 2.77. The fourth-order valence-corrected chi connectivity index (χ4v) is 1.30. The lowest BCUT2D eigenvalue weighted by Gasteiger charge is -2.16. The smallest absolute Gasteiger partial charge is 0.123 e. The van der Waals surface area contributed by atoms with Gasteiger partial charge in [0.1, 0.15) is 5.75 Å². The summed E-state index contributed by atoms with van der Waals surface area (Å²) in [7, 11) is 3.44. The van der Waals surface area contributed by atoms with E-state index in [9.17, 15) is 0 Å². The van der Waals surface area contributed by atoms with Crippen molar-refractivity contribution in [2.75, 3.05) is 20.8 Å². The molecule has 1 aromatic rings. The average molecular weight is 218 g/mol. The van der Waals surface area contributed by atoms with Crippen molar-refractivity contribution in [3.63, 3.8) is 0 Å². The third-order valence-electron chi connectivity index (χ3n) is 2.05. The number of aliphatic hydroxyl groups is 1. The summed E-state index contributed by atoms with van der Waals surface area (Å²) < 4.78 is 5.18. The van der Waals surface area contributed by atoms with E-state index in [-0.39, 0.29) is 25.1 Å². The van der Waals surface area contributed by atoms with E-state index >= 15 is 0 Å². The molecular weight excluding hydrogens is 202 g/mol. The Hall–Kier alpha value is -0.770. The lowest BCUT2D eigenvalue weighted by atomic mass is 10.1. The summed E-state index contributed by atoms with van der Waals surface area (Å²) >= 11 is 0. The molecule has 1 atom stereocenters. The lowest BCUT2D eigenvalue weighted by molar-refractivity contribution is 0.247. The molecule has 14 heavy (non-hydrogen) atoms. The fraction of sp³-hybridized carbons (Fsp3) is 0.400. The van der Waals surface area contributed by atoms with Crippen LogP contribution in [-0.2, 0) is 0 Å². The highest BCUT2D eigenvalue weighted by Crippen LogP contribution is 2.23. The molecule has 0 spiro atoms. The number of rotatable bonds is 4. The molecule has 80 valence electrons. The number of para-hydroxylation sites is 1. The first kappa shape index (κ1) is 13.2. The first-order valence-electron chi connectivity index (χ1n) is 4.24. The molecule has 1 unspecified atom stereocenters. The maximum atomic E-state index is 9.08. The van der Waals surface area contributed by atoms with Gasteiger partial charge in [0, 0.05) is 5.56 Å². The molecule has 0 aliphatic carbocycles. The van der Waals surface area contributed by atoms with Crippen LogP contribution in [0.5, 0.6) is 5.75 Å². The van der Waals surface area contributed by atoms with Crippen LogP contribution in [0.4, 0.5) is 0 Å². The Labute approximate surface area is 90.5 Å². The van der Waals surface area contributed by atoms with Crippen LogP contribution < -0.4 is 10.1 Å². The van der Waals surface area contributed by atoms with Gasteiger partial charge in [-0.2, -0.15) is 0 Å². The van der Waals surface area contributed by atoms with E-state index in [1.807, 2.05) is 31.3 Å².